The number of hydrogen-bond acceptors (Lipinski definition) is 3. The zero-order valence-corrected chi connectivity index (χ0v) is 10.2. The Kier molecular flexibility index (Phi) is 5.15. The van der Waals surface area contributed by atoms with Gasteiger partial charge in [-0.25, -0.2) is 4.79 Å². The van der Waals surface area contributed by atoms with Crippen LogP contribution in [0.3, 0.4) is 0 Å². The fourth-order valence-corrected chi connectivity index (χ4v) is 1.28. The van der Waals surface area contributed by atoms with Gasteiger partial charge < -0.3 is 10.1 Å². The molecule has 0 aromatic heterocycles. The summed E-state index contributed by atoms with van der Waals surface area (Å²) in [4.78, 5) is 11.0. The van der Waals surface area contributed by atoms with Gasteiger partial charge in [-0.05, 0) is 25.1 Å². The molecule has 1 rings (SSSR count). The van der Waals surface area contributed by atoms with Gasteiger partial charge in [0.1, 0.15) is 0 Å². The van der Waals surface area contributed by atoms with Crippen LogP contribution >= 0.6 is 23.2 Å². The van der Waals surface area contributed by atoms with Gasteiger partial charge in [0.15, 0.2) is 0 Å². The molecule has 86 valence electrons. The number of anilines is 1. The van der Waals surface area contributed by atoms with Crippen LogP contribution in [-0.2, 0) is 9.53 Å². The normalized spacial score (nSPS) is 10.4. The van der Waals surface area contributed by atoms with E-state index in [4.69, 9.17) is 27.9 Å². The van der Waals surface area contributed by atoms with Crippen molar-refractivity contribution in [1.82, 2.24) is 0 Å². The Balaban J connectivity index is 2.54. The second kappa shape index (κ2) is 6.40. The first-order chi connectivity index (χ1) is 7.63. The van der Waals surface area contributed by atoms with Crippen molar-refractivity contribution >= 4 is 34.9 Å². The number of hydrogen-bond donors (Lipinski definition) is 1. The van der Waals surface area contributed by atoms with E-state index in [0.29, 0.717) is 16.7 Å². The number of carbonyl (C=O) groups excluding carboxylic acids is 1. The van der Waals surface area contributed by atoms with Crippen molar-refractivity contribution in [3.05, 3.63) is 40.5 Å². The highest BCUT2D eigenvalue weighted by atomic mass is 35.5. The molecule has 0 aliphatic carbocycles. The monoisotopic (exact) mass is 259 g/mol. The van der Waals surface area contributed by atoms with E-state index in [-0.39, 0.29) is 0 Å². The first-order valence-electron chi connectivity index (χ1n) is 4.68. The molecule has 0 spiro atoms. The van der Waals surface area contributed by atoms with Crippen molar-refractivity contribution in [2.75, 3.05) is 11.9 Å². The van der Waals surface area contributed by atoms with E-state index in [9.17, 15) is 4.79 Å². The minimum Gasteiger partial charge on any atom is -0.463 e. The highest BCUT2D eigenvalue weighted by molar-refractivity contribution is 6.42. The van der Waals surface area contributed by atoms with Gasteiger partial charge in [0.2, 0.25) is 0 Å². The van der Waals surface area contributed by atoms with Crippen LogP contribution in [0.1, 0.15) is 6.92 Å². The van der Waals surface area contributed by atoms with E-state index in [1.54, 1.807) is 25.1 Å². The quantitative estimate of drug-likeness (QED) is 0.665. The first kappa shape index (κ1) is 12.9. The maximum absolute atomic E-state index is 11.0. The van der Waals surface area contributed by atoms with E-state index in [2.05, 4.69) is 5.32 Å². The molecule has 0 saturated carbocycles. The van der Waals surface area contributed by atoms with Crippen molar-refractivity contribution < 1.29 is 9.53 Å². The third-order valence-corrected chi connectivity index (χ3v) is 2.41. The van der Waals surface area contributed by atoms with Crippen molar-refractivity contribution in [2.45, 2.75) is 6.92 Å². The maximum Gasteiger partial charge on any atom is 0.332 e. The molecular weight excluding hydrogens is 249 g/mol. The summed E-state index contributed by atoms with van der Waals surface area (Å²) in [5.74, 6) is -0.393. The van der Waals surface area contributed by atoms with Crippen LogP contribution in [0.15, 0.2) is 30.5 Å². The zero-order valence-electron chi connectivity index (χ0n) is 8.67. The van der Waals surface area contributed by atoms with E-state index >= 15 is 0 Å². The SMILES string of the molecule is CCOC(=O)/C=C/Nc1ccc(Cl)c(Cl)c1. The topological polar surface area (TPSA) is 38.3 Å². The summed E-state index contributed by atoms with van der Waals surface area (Å²) >= 11 is 11.6. The largest absolute Gasteiger partial charge is 0.463 e. The van der Waals surface area contributed by atoms with Gasteiger partial charge in [0.25, 0.3) is 0 Å². The van der Waals surface area contributed by atoms with Gasteiger partial charge in [-0.15, -0.1) is 0 Å². The summed E-state index contributed by atoms with van der Waals surface area (Å²) in [5.41, 5.74) is 0.745. The fraction of sp³-hybridized carbons (Fsp3) is 0.182. The molecule has 5 heteroatoms. The number of nitrogens with one attached hydrogen (secondary N) is 1. The van der Waals surface area contributed by atoms with E-state index in [0.717, 1.165) is 5.69 Å². The van der Waals surface area contributed by atoms with Crippen molar-refractivity contribution in [2.24, 2.45) is 0 Å². The molecule has 1 aromatic rings. The molecule has 0 aliphatic heterocycles. The predicted octanol–water partition coefficient (Wildman–Crippen LogP) is 3.48. The highest BCUT2D eigenvalue weighted by Crippen LogP contribution is 2.24. The maximum atomic E-state index is 11.0. The predicted molar refractivity (Wildman–Crippen MR) is 65.9 cm³/mol. The molecule has 0 heterocycles. The molecule has 0 aliphatic rings. The lowest BCUT2D eigenvalue weighted by Crippen LogP contribution is -2.00. The first-order valence-corrected chi connectivity index (χ1v) is 5.44. The molecule has 0 fully saturated rings. The highest BCUT2D eigenvalue weighted by Gasteiger charge is 1.98. The second-order valence-electron chi connectivity index (χ2n) is 2.86. The molecule has 0 saturated heterocycles. The summed E-state index contributed by atoms with van der Waals surface area (Å²) in [7, 11) is 0. The van der Waals surface area contributed by atoms with Crippen LogP contribution in [0.4, 0.5) is 5.69 Å². The Labute approximate surface area is 104 Å². The smallest absolute Gasteiger partial charge is 0.332 e. The van der Waals surface area contributed by atoms with E-state index in [1.165, 1.54) is 12.3 Å². The van der Waals surface area contributed by atoms with Gasteiger partial charge in [0.05, 0.1) is 16.7 Å². The molecule has 0 unspecified atom stereocenters. The summed E-state index contributed by atoms with van der Waals surface area (Å²) in [6.45, 7) is 2.11. The molecule has 0 bridgehead atoms. The second-order valence-corrected chi connectivity index (χ2v) is 3.67. The summed E-state index contributed by atoms with van der Waals surface area (Å²) in [6.07, 6.45) is 2.78. The lowest BCUT2D eigenvalue weighted by Gasteiger charge is -2.02. The minimum absolute atomic E-state index is 0.357. The van der Waals surface area contributed by atoms with Crippen LogP contribution in [0.2, 0.25) is 10.0 Å². The van der Waals surface area contributed by atoms with Gasteiger partial charge in [-0.1, -0.05) is 23.2 Å². The molecule has 0 radical (unpaired) electrons. The van der Waals surface area contributed by atoms with Crippen LogP contribution in [0.25, 0.3) is 0 Å². The Morgan fingerprint density at radius 2 is 2.19 bits per heavy atom. The number of ether oxygens (including phenoxy) is 1. The molecule has 16 heavy (non-hydrogen) atoms. The Morgan fingerprint density at radius 1 is 1.44 bits per heavy atom. The standard InChI is InChI=1S/C11H11Cl2NO2/c1-2-16-11(15)5-6-14-8-3-4-9(12)10(13)7-8/h3-7,14H,2H2,1H3/b6-5+. The van der Waals surface area contributed by atoms with Crippen LogP contribution in [0, 0.1) is 0 Å². The van der Waals surface area contributed by atoms with Crippen molar-refractivity contribution in [3.8, 4) is 0 Å². The van der Waals surface area contributed by atoms with Crippen LogP contribution < -0.4 is 5.32 Å². The van der Waals surface area contributed by atoms with Crippen molar-refractivity contribution in [3.63, 3.8) is 0 Å². The lowest BCUT2D eigenvalue weighted by molar-refractivity contribution is -0.137. The Morgan fingerprint density at radius 3 is 2.81 bits per heavy atom. The summed E-state index contributed by atoms with van der Waals surface area (Å²) in [6, 6.07) is 5.09. The minimum atomic E-state index is -0.393. The third kappa shape index (κ3) is 4.13. The Bertz CT molecular complexity index is 405. The average molecular weight is 260 g/mol. The molecule has 0 amide bonds. The molecular formula is C11H11Cl2NO2. The Hall–Kier alpha value is -1.19. The molecule has 1 aromatic carbocycles. The number of benzene rings is 1. The number of rotatable bonds is 4. The number of halogens is 2. The third-order valence-electron chi connectivity index (χ3n) is 1.68. The lowest BCUT2D eigenvalue weighted by atomic mass is 10.3. The zero-order chi connectivity index (χ0) is 12.0. The molecule has 1 N–H and O–H groups in total. The van der Waals surface area contributed by atoms with Gasteiger partial charge in [-0.3, -0.25) is 0 Å². The summed E-state index contributed by atoms with van der Waals surface area (Å²) < 4.78 is 4.71. The van der Waals surface area contributed by atoms with E-state index in [1.807, 2.05) is 0 Å². The average Bonchev–Trinajstić information content (AvgIpc) is 2.24. The van der Waals surface area contributed by atoms with Gasteiger partial charge >= 0.3 is 5.97 Å². The molecule has 0 atom stereocenters. The van der Waals surface area contributed by atoms with Crippen molar-refractivity contribution in [1.29, 1.82) is 0 Å². The van der Waals surface area contributed by atoms with E-state index < -0.39 is 5.97 Å². The summed E-state index contributed by atoms with van der Waals surface area (Å²) in [5, 5.41) is 3.82. The molecule has 3 nitrogen and oxygen atoms in total. The van der Waals surface area contributed by atoms with Crippen LogP contribution in [-0.4, -0.2) is 12.6 Å². The number of carbonyl (C=O) groups is 1. The fourth-order valence-electron chi connectivity index (χ4n) is 0.982. The number of esters is 1. The van der Waals surface area contributed by atoms with Crippen LogP contribution in [0.5, 0.6) is 0 Å². The van der Waals surface area contributed by atoms with Gasteiger partial charge in [-0.2, -0.15) is 0 Å². The van der Waals surface area contributed by atoms with Gasteiger partial charge in [0, 0.05) is 18.0 Å².